The Labute approximate surface area is 104 Å². The third kappa shape index (κ3) is 3.05. The number of aromatic nitrogens is 1. The van der Waals surface area contributed by atoms with Gasteiger partial charge in [0.1, 0.15) is 5.82 Å². The SMILES string of the molecule is C[C@@H](O)c1ccc(Sc2ccccc2F)cn1. The first kappa shape index (κ1) is 12.1. The minimum atomic E-state index is -0.581. The van der Waals surface area contributed by atoms with Gasteiger partial charge in [-0.15, -0.1) is 0 Å². The van der Waals surface area contributed by atoms with Crippen LogP contribution >= 0.6 is 11.8 Å². The summed E-state index contributed by atoms with van der Waals surface area (Å²) >= 11 is 1.32. The van der Waals surface area contributed by atoms with Crippen molar-refractivity contribution in [3.8, 4) is 0 Å². The molecule has 4 heteroatoms. The van der Waals surface area contributed by atoms with E-state index in [1.54, 1.807) is 37.4 Å². The average Bonchev–Trinajstić information content (AvgIpc) is 2.33. The standard InChI is InChI=1S/C13H12FNOS/c1-9(16)12-7-6-10(8-15-12)17-13-5-3-2-4-11(13)14/h2-9,16H,1H3/t9-/m1/s1. The molecular weight excluding hydrogens is 237 g/mol. The maximum Gasteiger partial charge on any atom is 0.137 e. The smallest absolute Gasteiger partial charge is 0.137 e. The first-order valence-electron chi connectivity index (χ1n) is 5.23. The number of halogens is 1. The van der Waals surface area contributed by atoms with Crippen LogP contribution < -0.4 is 0 Å². The molecule has 0 aliphatic heterocycles. The molecule has 0 aliphatic rings. The highest BCUT2D eigenvalue weighted by molar-refractivity contribution is 7.99. The molecule has 0 saturated carbocycles. The monoisotopic (exact) mass is 249 g/mol. The third-order valence-corrected chi connectivity index (χ3v) is 3.28. The summed E-state index contributed by atoms with van der Waals surface area (Å²) in [4.78, 5) is 5.53. The van der Waals surface area contributed by atoms with Gasteiger partial charge in [0.25, 0.3) is 0 Å². The zero-order chi connectivity index (χ0) is 12.3. The molecule has 1 heterocycles. The van der Waals surface area contributed by atoms with Crippen molar-refractivity contribution in [2.75, 3.05) is 0 Å². The summed E-state index contributed by atoms with van der Waals surface area (Å²) in [6, 6.07) is 10.2. The van der Waals surface area contributed by atoms with Crippen LogP contribution in [0, 0.1) is 5.82 Å². The van der Waals surface area contributed by atoms with Crippen LogP contribution in [0.15, 0.2) is 52.4 Å². The minimum absolute atomic E-state index is 0.239. The van der Waals surface area contributed by atoms with Gasteiger partial charge >= 0.3 is 0 Å². The molecule has 0 fully saturated rings. The van der Waals surface area contributed by atoms with E-state index in [1.165, 1.54) is 17.8 Å². The maximum atomic E-state index is 13.4. The van der Waals surface area contributed by atoms with E-state index in [0.29, 0.717) is 10.6 Å². The largest absolute Gasteiger partial charge is 0.387 e. The van der Waals surface area contributed by atoms with E-state index in [9.17, 15) is 9.50 Å². The predicted molar refractivity (Wildman–Crippen MR) is 65.4 cm³/mol. The van der Waals surface area contributed by atoms with Gasteiger partial charge < -0.3 is 5.11 Å². The molecule has 0 saturated heterocycles. The number of aliphatic hydroxyl groups is 1. The molecule has 2 rings (SSSR count). The maximum absolute atomic E-state index is 13.4. The van der Waals surface area contributed by atoms with E-state index >= 15 is 0 Å². The normalized spacial score (nSPS) is 12.4. The summed E-state index contributed by atoms with van der Waals surface area (Å²) in [5, 5.41) is 9.32. The number of hydrogen-bond donors (Lipinski definition) is 1. The lowest BCUT2D eigenvalue weighted by Gasteiger charge is -2.05. The molecule has 0 radical (unpaired) electrons. The summed E-state index contributed by atoms with van der Waals surface area (Å²) in [6.07, 6.45) is 1.06. The fraction of sp³-hybridized carbons (Fsp3) is 0.154. The first-order valence-corrected chi connectivity index (χ1v) is 6.05. The van der Waals surface area contributed by atoms with Crippen LogP contribution in [-0.4, -0.2) is 10.1 Å². The molecule has 0 unspecified atom stereocenters. The highest BCUT2D eigenvalue weighted by atomic mass is 32.2. The number of hydrogen-bond acceptors (Lipinski definition) is 3. The molecule has 1 aromatic heterocycles. The Morgan fingerprint density at radius 1 is 1.24 bits per heavy atom. The number of aliphatic hydroxyl groups excluding tert-OH is 1. The molecule has 1 atom stereocenters. The van der Waals surface area contributed by atoms with Crippen LogP contribution in [0.2, 0.25) is 0 Å². The van der Waals surface area contributed by atoms with Gasteiger partial charge in [-0.1, -0.05) is 23.9 Å². The Balaban J connectivity index is 2.17. The van der Waals surface area contributed by atoms with Gasteiger partial charge in [0.15, 0.2) is 0 Å². The van der Waals surface area contributed by atoms with Crippen LogP contribution in [0.1, 0.15) is 18.7 Å². The minimum Gasteiger partial charge on any atom is -0.387 e. The van der Waals surface area contributed by atoms with Crippen LogP contribution in [0.5, 0.6) is 0 Å². The van der Waals surface area contributed by atoms with Crippen molar-refractivity contribution < 1.29 is 9.50 Å². The van der Waals surface area contributed by atoms with Crippen molar-refractivity contribution in [1.82, 2.24) is 4.98 Å². The summed E-state index contributed by atoms with van der Waals surface area (Å²) in [5.41, 5.74) is 0.614. The lowest BCUT2D eigenvalue weighted by molar-refractivity contribution is 0.194. The number of benzene rings is 1. The number of pyridine rings is 1. The van der Waals surface area contributed by atoms with Crippen molar-refractivity contribution in [2.45, 2.75) is 22.8 Å². The quantitative estimate of drug-likeness (QED) is 0.904. The van der Waals surface area contributed by atoms with E-state index in [1.807, 2.05) is 6.07 Å². The lowest BCUT2D eigenvalue weighted by atomic mass is 10.2. The fourth-order valence-electron chi connectivity index (χ4n) is 1.35. The molecule has 17 heavy (non-hydrogen) atoms. The van der Waals surface area contributed by atoms with Crippen molar-refractivity contribution >= 4 is 11.8 Å². The lowest BCUT2D eigenvalue weighted by Crippen LogP contribution is -1.94. The van der Waals surface area contributed by atoms with Crippen LogP contribution in [0.4, 0.5) is 4.39 Å². The molecule has 0 amide bonds. The van der Waals surface area contributed by atoms with Crippen molar-refractivity contribution in [3.63, 3.8) is 0 Å². The summed E-state index contributed by atoms with van der Waals surface area (Å²) in [5.74, 6) is -0.239. The highest BCUT2D eigenvalue weighted by Gasteiger charge is 2.05. The van der Waals surface area contributed by atoms with E-state index in [2.05, 4.69) is 4.98 Å². The Kier molecular flexibility index (Phi) is 3.76. The molecule has 2 aromatic rings. The van der Waals surface area contributed by atoms with E-state index in [0.717, 1.165) is 4.90 Å². The van der Waals surface area contributed by atoms with E-state index in [4.69, 9.17) is 0 Å². The van der Waals surface area contributed by atoms with Gasteiger partial charge in [0, 0.05) is 16.0 Å². The summed E-state index contributed by atoms with van der Waals surface area (Å²) in [6.45, 7) is 1.66. The average molecular weight is 249 g/mol. The Morgan fingerprint density at radius 3 is 2.59 bits per heavy atom. The molecule has 0 spiro atoms. The third-order valence-electron chi connectivity index (χ3n) is 2.25. The second kappa shape index (κ2) is 5.29. The zero-order valence-corrected chi connectivity index (χ0v) is 10.1. The molecule has 1 aromatic carbocycles. The van der Waals surface area contributed by atoms with Crippen LogP contribution in [0.25, 0.3) is 0 Å². The van der Waals surface area contributed by atoms with Gasteiger partial charge in [-0.05, 0) is 31.2 Å². The molecule has 1 N–H and O–H groups in total. The van der Waals surface area contributed by atoms with Crippen molar-refractivity contribution in [2.24, 2.45) is 0 Å². The predicted octanol–water partition coefficient (Wildman–Crippen LogP) is 3.43. The highest BCUT2D eigenvalue weighted by Crippen LogP contribution is 2.29. The van der Waals surface area contributed by atoms with Gasteiger partial charge in [-0.2, -0.15) is 0 Å². The van der Waals surface area contributed by atoms with Gasteiger partial charge in [0.05, 0.1) is 11.8 Å². The van der Waals surface area contributed by atoms with Crippen LogP contribution in [0.3, 0.4) is 0 Å². The summed E-state index contributed by atoms with van der Waals surface area (Å²) in [7, 11) is 0. The van der Waals surface area contributed by atoms with E-state index < -0.39 is 6.10 Å². The fourth-order valence-corrected chi connectivity index (χ4v) is 2.16. The van der Waals surface area contributed by atoms with Crippen molar-refractivity contribution in [1.29, 1.82) is 0 Å². The van der Waals surface area contributed by atoms with Gasteiger partial charge in [-0.3, -0.25) is 4.98 Å². The molecule has 0 bridgehead atoms. The Bertz CT molecular complexity index is 499. The summed E-state index contributed by atoms with van der Waals surface area (Å²) < 4.78 is 13.4. The molecular formula is C13H12FNOS. The Hall–Kier alpha value is -1.39. The number of rotatable bonds is 3. The van der Waals surface area contributed by atoms with Gasteiger partial charge in [0.2, 0.25) is 0 Å². The Morgan fingerprint density at radius 2 is 2.00 bits per heavy atom. The first-order chi connectivity index (χ1) is 8.16. The van der Waals surface area contributed by atoms with Crippen LogP contribution in [-0.2, 0) is 0 Å². The number of nitrogens with zero attached hydrogens (tertiary/aromatic N) is 1. The van der Waals surface area contributed by atoms with Crippen molar-refractivity contribution in [3.05, 3.63) is 54.1 Å². The topological polar surface area (TPSA) is 33.1 Å². The zero-order valence-electron chi connectivity index (χ0n) is 9.30. The van der Waals surface area contributed by atoms with E-state index in [-0.39, 0.29) is 5.82 Å². The second-order valence-electron chi connectivity index (χ2n) is 3.63. The molecule has 2 nitrogen and oxygen atoms in total. The molecule has 0 aliphatic carbocycles. The van der Waals surface area contributed by atoms with Gasteiger partial charge in [-0.25, -0.2) is 4.39 Å². The second-order valence-corrected chi connectivity index (χ2v) is 4.74. The molecule has 88 valence electrons.